The summed E-state index contributed by atoms with van der Waals surface area (Å²) in [7, 11) is 0. The molecule has 1 fully saturated rings. The first-order valence-electron chi connectivity index (χ1n) is 6.77. The van der Waals surface area contributed by atoms with E-state index in [4.69, 9.17) is 0 Å². The molecule has 0 saturated heterocycles. The van der Waals surface area contributed by atoms with Gasteiger partial charge in [-0.25, -0.2) is 4.39 Å². The van der Waals surface area contributed by atoms with Crippen LogP contribution in [0.1, 0.15) is 33.1 Å². The second kappa shape index (κ2) is 5.70. The number of hydrogen-bond donors (Lipinski definition) is 2. The van der Waals surface area contributed by atoms with Crippen molar-refractivity contribution >= 4 is 11.6 Å². The van der Waals surface area contributed by atoms with Crippen LogP contribution < -0.4 is 10.6 Å². The van der Waals surface area contributed by atoms with Gasteiger partial charge in [0.05, 0.1) is 12.2 Å². The van der Waals surface area contributed by atoms with Gasteiger partial charge in [-0.1, -0.05) is 32.4 Å². The van der Waals surface area contributed by atoms with Gasteiger partial charge in [0, 0.05) is 6.04 Å². The molecule has 1 amide bonds. The summed E-state index contributed by atoms with van der Waals surface area (Å²) in [4.78, 5) is 11.8. The van der Waals surface area contributed by atoms with Crippen LogP contribution in [-0.2, 0) is 4.79 Å². The van der Waals surface area contributed by atoms with Crippen LogP contribution in [0.4, 0.5) is 10.1 Å². The molecule has 0 spiro atoms. The standard InChI is InChI=1S/C15H21FN2O/c1-15(2)9-5-8-13(15)17-10-14(19)18-12-7-4-3-6-11(12)16/h3-4,6-7,13,17H,5,8-10H2,1-2H3,(H,18,19). The topological polar surface area (TPSA) is 41.1 Å². The number of hydrogen-bond acceptors (Lipinski definition) is 2. The van der Waals surface area contributed by atoms with Gasteiger partial charge >= 0.3 is 0 Å². The molecule has 2 rings (SSSR count). The molecule has 2 N–H and O–H groups in total. The van der Waals surface area contributed by atoms with E-state index in [1.165, 1.54) is 18.9 Å². The first-order chi connectivity index (χ1) is 8.99. The number of amides is 1. The maximum Gasteiger partial charge on any atom is 0.238 e. The average molecular weight is 264 g/mol. The molecule has 3 nitrogen and oxygen atoms in total. The number of nitrogens with one attached hydrogen (secondary N) is 2. The Morgan fingerprint density at radius 2 is 2.16 bits per heavy atom. The molecule has 19 heavy (non-hydrogen) atoms. The van der Waals surface area contributed by atoms with Crippen LogP contribution in [0.2, 0.25) is 0 Å². The van der Waals surface area contributed by atoms with Crippen molar-refractivity contribution in [2.24, 2.45) is 5.41 Å². The second-order valence-electron chi connectivity index (χ2n) is 5.84. The van der Waals surface area contributed by atoms with Crippen molar-refractivity contribution in [3.63, 3.8) is 0 Å². The lowest BCUT2D eigenvalue weighted by molar-refractivity contribution is -0.115. The predicted molar refractivity (Wildman–Crippen MR) is 74.5 cm³/mol. The van der Waals surface area contributed by atoms with E-state index in [1.54, 1.807) is 18.2 Å². The van der Waals surface area contributed by atoms with Gasteiger partial charge in [0.2, 0.25) is 5.91 Å². The largest absolute Gasteiger partial charge is 0.322 e. The third-order valence-corrected chi connectivity index (χ3v) is 3.91. The lowest BCUT2D eigenvalue weighted by Gasteiger charge is -2.27. The smallest absolute Gasteiger partial charge is 0.238 e. The summed E-state index contributed by atoms with van der Waals surface area (Å²) >= 11 is 0. The number of carbonyl (C=O) groups excluding carboxylic acids is 1. The van der Waals surface area contributed by atoms with E-state index in [9.17, 15) is 9.18 Å². The third kappa shape index (κ3) is 3.53. The van der Waals surface area contributed by atoms with Gasteiger partial charge in [-0.2, -0.15) is 0 Å². The lowest BCUT2D eigenvalue weighted by Crippen LogP contribution is -2.41. The molecule has 0 aliphatic heterocycles. The Morgan fingerprint density at radius 1 is 1.42 bits per heavy atom. The predicted octanol–water partition coefficient (Wildman–Crippen LogP) is 2.93. The van der Waals surface area contributed by atoms with E-state index in [1.807, 2.05) is 0 Å². The molecule has 1 aromatic rings. The van der Waals surface area contributed by atoms with Crippen LogP contribution in [0.15, 0.2) is 24.3 Å². The summed E-state index contributed by atoms with van der Waals surface area (Å²) < 4.78 is 13.4. The van der Waals surface area contributed by atoms with E-state index in [-0.39, 0.29) is 23.6 Å². The highest BCUT2D eigenvalue weighted by Crippen LogP contribution is 2.36. The van der Waals surface area contributed by atoms with Crippen LogP contribution in [-0.4, -0.2) is 18.5 Å². The van der Waals surface area contributed by atoms with Crippen LogP contribution in [0, 0.1) is 11.2 Å². The van der Waals surface area contributed by atoms with Gasteiger partial charge in [0.15, 0.2) is 0 Å². The molecule has 1 aromatic carbocycles. The normalized spacial score (nSPS) is 21.3. The minimum Gasteiger partial charge on any atom is -0.322 e. The number of para-hydroxylation sites is 1. The monoisotopic (exact) mass is 264 g/mol. The van der Waals surface area contributed by atoms with Crippen molar-refractivity contribution < 1.29 is 9.18 Å². The third-order valence-electron chi connectivity index (χ3n) is 3.91. The van der Waals surface area contributed by atoms with E-state index in [2.05, 4.69) is 24.5 Å². The molecule has 4 heteroatoms. The molecule has 0 heterocycles. The minimum absolute atomic E-state index is 0.201. The fourth-order valence-corrected chi connectivity index (χ4v) is 2.68. The number of anilines is 1. The molecule has 0 bridgehead atoms. The van der Waals surface area contributed by atoms with Gasteiger partial charge in [0.1, 0.15) is 5.82 Å². The highest BCUT2D eigenvalue weighted by atomic mass is 19.1. The number of rotatable bonds is 4. The van der Waals surface area contributed by atoms with E-state index < -0.39 is 5.82 Å². The van der Waals surface area contributed by atoms with Gasteiger partial charge < -0.3 is 10.6 Å². The zero-order valence-electron chi connectivity index (χ0n) is 11.5. The minimum atomic E-state index is -0.406. The number of carbonyl (C=O) groups is 1. The molecule has 1 aliphatic carbocycles. The van der Waals surface area contributed by atoms with Crippen LogP contribution in [0.25, 0.3) is 0 Å². The molecule has 1 aliphatic rings. The first-order valence-corrected chi connectivity index (χ1v) is 6.77. The Balaban J connectivity index is 1.84. The van der Waals surface area contributed by atoms with Crippen molar-refractivity contribution in [1.82, 2.24) is 5.32 Å². The fraction of sp³-hybridized carbons (Fsp3) is 0.533. The highest BCUT2D eigenvalue weighted by Gasteiger charge is 2.34. The highest BCUT2D eigenvalue weighted by molar-refractivity contribution is 5.92. The van der Waals surface area contributed by atoms with Crippen LogP contribution in [0.3, 0.4) is 0 Å². The molecular formula is C15H21FN2O. The Labute approximate surface area is 113 Å². The van der Waals surface area contributed by atoms with Gasteiger partial charge in [-0.3, -0.25) is 4.79 Å². The first kappa shape index (κ1) is 14.0. The summed E-state index contributed by atoms with van der Waals surface area (Å²) in [6, 6.07) is 6.56. The fourth-order valence-electron chi connectivity index (χ4n) is 2.68. The van der Waals surface area contributed by atoms with Crippen LogP contribution >= 0.6 is 0 Å². The molecule has 0 aromatic heterocycles. The van der Waals surface area contributed by atoms with Crippen molar-refractivity contribution in [1.29, 1.82) is 0 Å². The molecular weight excluding hydrogens is 243 g/mol. The summed E-state index contributed by atoms with van der Waals surface area (Å²) in [5.74, 6) is -0.607. The molecule has 1 saturated carbocycles. The van der Waals surface area contributed by atoms with Crippen LogP contribution in [0.5, 0.6) is 0 Å². The zero-order valence-corrected chi connectivity index (χ0v) is 11.5. The zero-order chi connectivity index (χ0) is 13.9. The summed E-state index contributed by atoms with van der Waals surface area (Å²) in [5.41, 5.74) is 0.470. The quantitative estimate of drug-likeness (QED) is 0.878. The maximum absolute atomic E-state index is 13.4. The molecule has 1 unspecified atom stereocenters. The van der Waals surface area contributed by atoms with Crippen molar-refractivity contribution in [2.75, 3.05) is 11.9 Å². The Morgan fingerprint density at radius 3 is 2.79 bits per heavy atom. The van der Waals surface area contributed by atoms with Gasteiger partial charge in [-0.05, 0) is 30.4 Å². The molecule has 104 valence electrons. The van der Waals surface area contributed by atoms with E-state index in [0.717, 1.165) is 6.42 Å². The van der Waals surface area contributed by atoms with Crippen molar-refractivity contribution in [3.8, 4) is 0 Å². The van der Waals surface area contributed by atoms with Crippen molar-refractivity contribution in [3.05, 3.63) is 30.1 Å². The molecule has 0 radical (unpaired) electrons. The Hall–Kier alpha value is -1.42. The summed E-state index contributed by atoms with van der Waals surface area (Å²) in [6.45, 7) is 4.65. The molecule has 1 atom stereocenters. The number of benzene rings is 1. The second-order valence-corrected chi connectivity index (χ2v) is 5.84. The Kier molecular flexibility index (Phi) is 4.20. The van der Waals surface area contributed by atoms with E-state index >= 15 is 0 Å². The number of halogens is 1. The summed E-state index contributed by atoms with van der Waals surface area (Å²) in [6.07, 6.45) is 3.47. The van der Waals surface area contributed by atoms with E-state index in [0.29, 0.717) is 6.04 Å². The summed E-state index contributed by atoms with van der Waals surface area (Å²) in [5, 5.41) is 5.86. The van der Waals surface area contributed by atoms with Gasteiger partial charge in [-0.15, -0.1) is 0 Å². The maximum atomic E-state index is 13.4. The lowest BCUT2D eigenvalue weighted by atomic mass is 9.87. The van der Waals surface area contributed by atoms with Gasteiger partial charge in [0.25, 0.3) is 0 Å². The average Bonchev–Trinajstić information content (AvgIpc) is 2.69. The Bertz CT molecular complexity index is 459. The SMILES string of the molecule is CC1(C)CCCC1NCC(=O)Nc1ccccc1F. The van der Waals surface area contributed by atoms with Crippen molar-refractivity contribution in [2.45, 2.75) is 39.2 Å².